The summed E-state index contributed by atoms with van der Waals surface area (Å²) in [6, 6.07) is 11.3. The van der Waals surface area contributed by atoms with E-state index in [1.165, 1.54) is 24.2 Å². The van der Waals surface area contributed by atoms with E-state index in [1.807, 2.05) is 42.5 Å². The van der Waals surface area contributed by atoms with Crippen LogP contribution in [-0.4, -0.2) is 69.4 Å². The second-order valence-corrected chi connectivity index (χ2v) is 11.6. The van der Waals surface area contributed by atoms with E-state index in [1.54, 1.807) is 10.7 Å². The van der Waals surface area contributed by atoms with Gasteiger partial charge in [0.25, 0.3) is 0 Å². The van der Waals surface area contributed by atoms with Crippen LogP contribution in [0.4, 0.5) is 24.8 Å². The Morgan fingerprint density at radius 3 is 2.69 bits per heavy atom. The van der Waals surface area contributed by atoms with Crippen LogP contribution in [0, 0.1) is 11.3 Å². The van der Waals surface area contributed by atoms with E-state index in [2.05, 4.69) is 26.0 Å². The van der Waals surface area contributed by atoms with Crippen LogP contribution in [0.15, 0.2) is 48.7 Å². The summed E-state index contributed by atoms with van der Waals surface area (Å²) in [6.07, 6.45) is 1.17. The summed E-state index contributed by atoms with van der Waals surface area (Å²) >= 11 is 0. The highest BCUT2D eigenvalue weighted by atomic mass is 19.4. The molecule has 3 aromatic rings. The zero-order chi connectivity index (χ0) is 29.3. The molecule has 1 aliphatic carbocycles. The van der Waals surface area contributed by atoms with E-state index in [-0.39, 0.29) is 6.54 Å². The molecule has 1 spiro atoms. The number of benzene rings is 1. The van der Waals surface area contributed by atoms with Gasteiger partial charge in [-0.2, -0.15) is 18.2 Å². The summed E-state index contributed by atoms with van der Waals surface area (Å²) in [6.45, 7) is 3.61. The minimum absolute atomic E-state index is 0.262. The zero-order valence-electron chi connectivity index (χ0n) is 23.3. The third-order valence-corrected chi connectivity index (χ3v) is 8.89. The summed E-state index contributed by atoms with van der Waals surface area (Å²) in [5, 5.41) is 25.2. The Kier molecular flexibility index (Phi) is 7.95. The van der Waals surface area contributed by atoms with Crippen LogP contribution in [0.1, 0.15) is 55.9 Å². The number of carbonyl (C=O) groups excluding carboxylic acids is 1. The van der Waals surface area contributed by atoms with Gasteiger partial charge in [-0.15, -0.1) is 5.10 Å². The molecule has 2 atom stereocenters. The maximum Gasteiger partial charge on any atom is 0.389 e. The third kappa shape index (κ3) is 6.45. The van der Waals surface area contributed by atoms with Gasteiger partial charge >= 0.3 is 6.18 Å². The lowest BCUT2D eigenvalue weighted by atomic mass is 9.92. The summed E-state index contributed by atoms with van der Waals surface area (Å²) in [5.74, 6) is 0.558. The number of aromatic nitrogens is 3. The van der Waals surface area contributed by atoms with Gasteiger partial charge in [0.15, 0.2) is 5.65 Å². The first-order chi connectivity index (χ1) is 20.2. The van der Waals surface area contributed by atoms with E-state index in [9.17, 15) is 23.1 Å². The third-order valence-electron chi connectivity index (χ3n) is 8.89. The average Bonchev–Trinajstić information content (AvgIpc) is 3.46. The fourth-order valence-corrected chi connectivity index (χ4v) is 6.26. The van der Waals surface area contributed by atoms with Crippen molar-refractivity contribution in [3.8, 4) is 0 Å². The number of rotatable bonds is 9. The van der Waals surface area contributed by atoms with Gasteiger partial charge < -0.3 is 20.6 Å². The number of hydrogen-bond donors (Lipinski definition) is 4. The molecule has 1 saturated heterocycles. The minimum atomic E-state index is -4.34. The molecule has 224 valence electrons. The van der Waals surface area contributed by atoms with Gasteiger partial charge in [0.1, 0.15) is 6.23 Å². The largest absolute Gasteiger partial charge is 0.389 e. The van der Waals surface area contributed by atoms with Gasteiger partial charge in [-0.05, 0) is 85.5 Å². The van der Waals surface area contributed by atoms with Crippen LogP contribution in [0.5, 0.6) is 0 Å². The van der Waals surface area contributed by atoms with Crippen LogP contribution in [-0.2, 0) is 4.79 Å². The Balaban J connectivity index is 1.05. The van der Waals surface area contributed by atoms with E-state index in [4.69, 9.17) is 0 Å². The van der Waals surface area contributed by atoms with Crippen molar-refractivity contribution in [3.05, 3.63) is 59.8 Å². The second-order valence-electron chi connectivity index (χ2n) is 11.6. The molecule has 4 heterocycles. The number of aliphatic hydroxyl groups excluding tert-OH is 1. The highest BCUT2D eigenvalue weighted by Crippen LogP contribution is 2.58. The first-order valence-electron chi connectivity index (χ1n) is 14.6. The normalized spacial score (nSPS) is 20.9. The van der Waals surface area contributed by atoms with Crippen LogP contribution < -0.4 is 16.0 Å². The van der Waals surface area contributed by atoms with Crippen LogP contribution in [0.25, 0.3) is 11.2 Å². The van der Waals surface area contributed by atoms with Gasteiger partial charge in [0.2, 0.25) is 11.9 Å². The molecule has 2 fully saturated rings. The maximum absolute atomic E-state index is 12.5. The lowest BCUT2D eigenvalue weighted by molar-refractivity contribution is -0.148. The molecular weight excluding hydrogens is 547 g/mol. The van der Waals surface area contributed by atoms with Crippen molar-refractivity contribution in [3.63, 3.8) is 0 Å². The van der Waals surface area contributed by atoms with Crippen LogP contribution in [0.3, 0.4) is 0 Å². The molecule has 4 N–H and O–H groups in total. The van der Waals surface area contributed by atoms with Gasteiger partial charge in [-0.3, -0.25) is 10.1 Å². The van der Waals surface area contributed by atoms with E-state index in [0.29, 0.717) is 35.9 Å². The van der Waals surface area contributed by atoms with Crippen LogP contribution in [0.2, 0.25) is 0 Å². The van der Waals surface area contributed by atoms with Crippen molar-refractivity contribution in [1.29, 1.82) is 0 Å². The highest BCUT2D eigenvalue weighted by Gasteiger charge is 2.53. The molecule has 0 radical (unpaired) electrons. The number of aliphatic hydroxyl groups is 1. The van der Waals surface area contributed by atoms with Crippen molar-refractivity contribution >= 4 is 28.8 Å². The quantitative estimate of drug-likeness (QED) is 0.277. The molecule has 1 amide bonds. The summed E-state index contributed by atoms with van der Waals surface area (Å²) in [7, 11) is 0. The summed E-state index contributed by atoms with van der Waals surface area (Å²) in [4.78, 5) is 18.3. The first-order valence-corrected chi connectivity index (χ1v) is 14.6. The minimum Gasteiger partial charge on any atom is -0.374 e. The average molecular weight is 584 g/mol. The van der Waals surface area contributed by atoms with Gasteiger partial charge in [0, 0.05) is 43.5 Å². The van der Waals surface area contributed by atoms with Crippen molar-refractivity contribution in [2.75, 3.05) is 38.0 Å². The zero-order valence-corrected chi connectivity index (χ0v) is 23.3. The highest BCUT2D eigenvalue weighted by molar-refractivity contribution is 5.81. The molecule has 42 heavy (non-hydrogen) atoms. The summed E-state index contributed by atoms with van der Waals surface area (Å²) in [5.41, 5.74) is 4.53. The number of carbonyl (C=O) groups is 1. The fraction of sp³-hybridized carbons (Fsp3) is 0.500. The van der Waals surface area contributed by atoms with Crippen molar-refractivity contribution < 1.29 is 23.1 Å². The fourth-order valence-electron chi connectivity index (χ4n) is 6.26. The number of nitrogens with zero attached hydrogens (tertiary/aromatic N) is 4. The number of anilines is 2. The lowest BCUT2D eigenvalue weighted by Gasteiger charge is -2.27. The number of fused-ring (bicyclic) bond motifs is 1. The monoisotopic (exact) mass is 583 g/mol. The molecular formula is C30H36F3N7O2. The van der Waals surface area contributed by atoms with Crippen molar-refractivity contribution in [2.24, 2.45) is 11.3 Å². The molecule has 1 aromatic carbocycles. The summed E-state index contributed by atoms with van der Waals surface area (Å²) < 4.78 is 39.2. The Labute approximate surface area is 242 Å². The molecule has 1 saturated carbocycles. The molecule has 0 bridgehead atoms. The first kappa shape index (κ1) is 28.6. The van der Waals surface area contributed by atoms with E-state index >= 15 is 0 Å². The Bertz CT molecular complexity index is 1450. The van der Waals surface area contributed by atoms with Gasteiger partial charge in [-0.1, -0.05) is 18.2 Å². The predicted octanol–water partition coefficient (Wildman–Crippen LogP) is 4.40. The second kappa shape index (κ2) is 11.7. The van der Waals surface area contributed by atoms with Gasteiger partial charge in [0.05, 0.1) is 6.42 Å². The van der Waals surface area contributed by atoms with Crippen LogP contribution >= 0.6 is 0 Å². The number of halogens is 3. The number of pyridine rings is 1. The Hall–Kier alpha value is -3.48. The van der Waals surface area contributed by atoms with Gasteiger partial charge in [-0.25, -0.2) is 4.52 Å². The topological polar surface area (TPSA) is 107 Å². The standard InChI is InChI=1S/C30H36F3N7O2/c31-30(32,33)10-7-25(41)39-16-8-20(9-17-39)24-2-1-15-40-26(24)37-28(38-40)36-23-5-3-21(4-6-23)27(42)35-19-22-18-29(22)11-13-34-14-12-29/h1-6,8,15,22,27,34-35,42H,7,9-14,16-19H2,(H,36,38). The van der Waals surface area contributed by atoms with E-state index in [0.717, 1.165) is 42.0 Å². The number of hydrogen-bond acceptors (Lipinski definition) is 7. The number of amides is 1. The Morgan fingerprint density at radius 2 is 1.98 bits per heavy atom. The predicted molar refractivity (Wildman–Crippen MR) is 153 cm³/mol. The molecule has 9 nitrogen and oxygen atoms in total. The SMILES string of the molecule is O=C(CCC(F)(F)F)N1CC=C(c2cccn3nc(Nc4ccc(C(O)NCC5CC56CCNCC6)cc4)nc23)CC1. The number of piperidine rings is 1. The molecule has 12 heteroatoms. The number of nitrogens with one attached hydrogen (secondary N) is 3. The molecule has 3 aliphatic rings. The maximum atomic E-state index is 12.5. The molecule has 6 rings (SSSR count). The smallest absolute Gasteiger partial charge is 0.374 e. The van der Waals surface area contributed by atoms with E-state index < -0.39 is 31.2 Å². The molecule has 2 aliphatic heterocycles. The lowest BCUT2D eigenvalue weighted by Crippen LogP contribution is -2.35. The van der Waals surface area contributed by atoms with Crippen molar-refractivity contribution in [2.45, 2.75) is 50.9 Å². The molecule has 2 aromatic heterocycles. The molecule has 2 unspecified atom stereocenters. The number of alkyl halides is 3. The Morgan fingerprint density at radius 1 is 1.19 bits per heavy atom. The van der Waals surface area contributed by atoms with Crippen molar-refractivity contribution in [1.82, 2.24) is 30.1 Å².